The number of sulfone groups is 1. The Morgan fingerprint density at radius 1 is 1.34 bits per heavy atom. The quantitative estimate of drug-likeness (QED) is 0.450. The van der Waals surface area contributed by atoms with Gasteiger partial charge in [0.2, 0.25) is 0 Å². The Balaban J connectivity index is 2.17. The standard InChI is InChI=1S/C20H32ClFN4O2S/c1-4-23-20(25-15(2)10-13-29(3,27)28)24-14-18(26-11-5-6-12-26)19-16(21)8-7-9-17(19)22/h7-9,15,18H,4-6,10-14H2,1-3H3,(H2,23,24,25). The number of aliphatic imine (C=N–C) groups is 1. The Kier molecular flexibility index (Phi) is 9.17. The molecule has 9 heteroatoms. The molecule has 0 radical (unpaired) electrons. The lowest BCUT2D eigenvalue weighted by atomic mass is 10.0. The minimum atomic E-state index is -3.01. The third-order valence-corrected chi connectivity index (χ3v) is 6.29. The molecule has 1 fully saturated rings. The van der Waals surface area contributed by atoms with Gasteiger partial charge >= 0.3 is 0 Å². The second-order valence-corrected chi connectivity index (χ2v) is 10.2. The second-order valence-electron chi connectivity index (χ2n) is 7.58. The smallest absolute Gasteiger partial charge is 0.191 e. The van der Waals surface area contributed by atoms with Crippen molar-refractivity contribution in [2.24, 2.45) is 4.99 Å². The Labute approximate surface area is 178 Å². The van der Waals surface area contributed by atoms with Gasteiger partial charge in [0.15, 0.2) is 5.96 Å². The number of nitrogens with one attached hydrogen (secondary N) is 2. The molecule has 6 nitrogen and oxygen atoms in total. The lowest BCUT2D eigenvalue weighted by Crippen LogP contribution is -2.43. The van der Waals surface area contributed by atoms with Gasteiger partial charge in [-0.3, -0.25) is 9.89 Å². The summed E-state index contributed by atoms with van der Waals surface area (Å²) in [5.74, 6) is 0.385. The predicted octanol–water partition coefficient (Wildman–Crippen LogP) is 2.99. The molecular formula is C20H32ClFN4O2S. The highest BCUT2D eigenvalue weighted by atomic mass is 35.5. The van der Waals surface area contributed by atoms with Crippen LogP contribution in [0.15, 0.2) is 23.2 Å². The van der Waals surface area contributed by atoms with Gasteiger partial charge in [0.05, 0.1) is 18.3 Å². The Hall–Kier alpha value is -1.38. The van der Waals surface area contributed by atoms with Crippen LogP contribution in [0.2, 0.25) is 5.02 Å². The fraction of sp³-hybridized carbons (Fsp3) is 0.650. The van der Waals surface area contributed by atoms with E-state index in [0.29, 0.717) is 36.1 Å². The monoisotopic (exact) mass is 446 g/mol. The molecule has 0 bridgehead atoms. The molecule has 1 aromatic carbocycles. The summed E-state index contributed by atoms with van der Waals surface area (Å²) in [4.78, 5) is 6.91. The van der Waals surface area contributed by atoms with Gasteiger partial charge in [-0.2, -0.15) is 0 Å². The van der Waals surface area contributed by atoms with Gasteiger partial charge in [-0.1, -0.05) is 17.7 Å². The van der Waals surface area contributed by atoms with E-state index in [2.05, 4.69) is 20.5 Å². The van der Waals surface area contributed by atoms with Crippen molar-refractivity contribution in [1.29, 1.82) is 0 Å². The summed E-state index contributed by atoms with van der Waals surface area (Å²) >= 11 is 6.34. The van der Waals surface area contributed by atoms with Gasteiger partial charge in [-0.25, -0.2) is 12.8 Å². The number of halogens is 2. The minimum Gasteiger partial charge on any atom is -0.357 e. The third kappa shape index (κ3) is 7.75. The molecule has 2 atom stereocenters. The van der Waals surface area contributed by atoms with Crippen molar-refractivity contribution < 1.29 is 12.8 Å². The maximum Gasteiger partial charge on any atom is 0.191 e. The summed E-state index contributed by atoms with van der Waals surface area (Å²) in [7, 11) is -3.01. The molecule has 1 aromatic rings. The van der Waals surface area contributed by atoms with Crippen LogP contribution >= 0.6 is 11.6 Å². The van der Waals surface area contributed by atoms with E-state index in [-0.39, 0.29) is 23.7 Å². The van der Waals surface area contributed by atoms with Crippen molar-refractivity contribution in [3.8, 4) is 0 Å². The van der Waals surface area contributed by atoms with Gasteiger partial charge in [-0.05, 0) is 58.3 Å². The molecule has 2 rings (SSSR count). The summed E-state index contributed by atoms with van der Waals surface area (Å²) in [5.41, 5.74) is 0.487. The fourth-order valence-electron chi connectivity index (χ4n) is 3.47. The average molecular weight is 447 g/mol. The first-order valence-corrected chi connectivity index (χ1v) is 12.6. The van der Waals surface area contributed by atoms with Crippen LogP contribution in [-0.4, -0.2) is 63.5 Å². The maximum atomic E-state index is 14.6. The van der Waals surface area contributed by atoms with E-state index in [1.54, 1.807) is 12.1 Å². The molecular weight excluding hydrogens is 415 g/mol. The zero-order valence-corrected chi connectivity index (χ0v) is 19.0. The first kappa shape index (κ1) is 23.9. The number of hydrogen-bond donors (Lipinski definition) is 2. The predicted molar refractivity (Wildman–Crippen MR) is 118 cm³/mol. The van der Waals surface area contributed by atoms with Crippen LogP contribution in [-0.2, 0) is 9.84 Å². The molecule has 1 saturated heterocycles. The number of rotatable bonds is 9. The number of nitrogens with zero attached hydrogens (tertiary/aromatic N) is 2. The maximum absolute atomic E-state index is 14.6. The van der Waals surface area contributed by atoms with Gasteiger partial charge in [0.25, 0.3) is 0 Å². The van der Waals surface area contributed by atoms with Crippen molar-refractivity contribution in [2.75, 3.05) is 38.2 Å². The van der Waals surface area contributed by atoms with Crippen molar-refractivity contribution in [2.45, 2.75) is 45.2 Å². The molecule has 2 N–H and O–H groups in total. The summed E-state index contributed by atoms with van der Waals surface area (Å²) in [6.45, 7) is 6.68. The highest BCUT2D eigenvalue weighted by Gasteiger charge is 2.27. The van der Waals surface area contributed by atoms with E-state index < -0.39 is 9.84 Å². The first-order valence-electron chi connectivity index (χ1n) is 10.1. The summed E-state index contributed by atoms with van der Waals surface area (Å²) in [6, 6.07) is 4.45. The SMILES string of the molecule is CCNC(=NCC(c1c(F)cccc1Cl)N1CCCC1)NC(C)CCS(C)(=O)=O. The van der Waals surface area contributed by atoms with Crippen molar-refractivity contribution >= 4 is 27.4 Å². The highest BCUT2D eigenvalue weighted by Crippen LogP contribution is 2.32. The number of guanidine groups is 1. The number of hydrogen-bond acceptors (Lipinski definition) is 4. The van der Waals surface area contributed by atoms with Gasteiger partial charge < -0.3 is 10.6 Å². The lowest BCUT2D eigenvalue weighted by molar-refractivity contribution is 0.246. The average Bonchev–Trinajstić information content (AvgIpc) is 3.16. The zero-order chi connectivity index (χ0) is 21.4. The van der Waals surface area contributed by atoms with Crippen LogP contribution in [0.5, 0.6) is 0 Å². The van der Waals surface area contributed by atoms with Crippen LogP contribution in [0.1, 0.15) is 44.7 Å². The Bertz CT molecular complexity index is 777. The van der Waals surface area contributed by atoms with Crippen molar-refractivity contribution in [1.82, 2.24) is 15.5 Å². The van der Waals surface area contributed by atoms with E-state index in [4.69, 9.17) is 11.6 Å². The van der Waals surface area contributed by atoms with Crippen LogP contribution in [0, 0.1) is 5.82 Å². The van der Waals surface area contributed by atoms with E-state index in [1.807, 2.05) is 13.8 Å². The van der Waals surface area contributed by atoms with Gasteiger partial charge in [-0.15, -0.1) is 0 Å². The molecule has 0 saturated carbocycles. The normalized spacial score (nSPS) is 17.9. The summed E-state index contributed by atoms with van der Waals surface area (Å²) < 4.78 is 37.4. The molecule has 1 heterocycles. The molecule has 1 aliphatic rings. The Morgan fingerprint density at radius 2 is 2.03 bits per heavy atom. The minimum absolute atomic E-state index is 0.0650. The van der Waals surface area contributed by atoms with Crippen LogP contribution in [0.4, 0.5) is 4.39 Å². The van der Waals surface area contributed by atoms with Crippen LogP contribution in [0.3, 0.4) is 0 Å². The van der Waals surface area contributed by atoms with Crippen LogP contribution in [0.25, 0.3) is 0 Å². The lowest BCUT2D eigenvalue weighted by Gasteiger charge is -2.28. The van der Waals surface area contributed by atoms with E-state index in [9.17, 15) is 12.8 Å². The van der Waals surface area contributed by atoms with E-state index >= 15 is 0 Å². The Morgan fingerprint density at radius 3 is 2.62 bits per heavy atom. The van der Waals surface area contributed by atoms with Gasteiger partial charge in [0.1, 0.15) is 15.7 Å². The molecule has 2 unspecified atom stereocenters. The zero-order valence-electron chi connectivity index (χ0n) is 17.4. The topological polar surface area (TPSA) is 73.8 Å². The highest BCUT2D eigenvalue weighted by molar-refractivity contribution is 7.90. The number of benzene rings is 1. The fourth-order valence-corrected chi connectivity index (χ4v) is 4.54. The van der Waals surface area contributed by atoms with Crippen LogP contribution < -0.4 is 10.6 Å². The first-order chi connectivity index (χ1) is 13.7. The molecule has 29 heavy (non-hydrogen) atoms. The molecule has 164 valence electrons. The van der Waals surface area contributed by atoms with Crippen molar-refractivity contribution in [3.05, 3.63) is 34.6 Å². The largest absolute Gasteiger partial charge is 0.357 e. The molecule has 0 spiro atoms. The third-order valence-electron chi connectivity index (χ3n) is 4.99. The van der Waals surface area contributed by atoms with E-state index in [0.717, 1.165) is 25.9 Å². The molecule has 0 aromatic heterocycles. The molecule has 1 aliphatic heterocycles. The second kappa shape index (κ2) is 11.1. The van der Waals surface area contributed by atoms with Crippen molar-refractivity contribution in [3.63, 3.8) is 0 Å². The number of likely N-dealkylation sites (tertiary alicyclic amines) is 1. The van der Waals surface area contributed by atoms with E-state index in [1.165, 1.54) is 12.3 Å². The van der Waals surface area contributed by atoms with Gasteiger partial charge in [0, 0.05) is 29.4 Å². The summed E-state index contributed by atoms with van der Waals surface area (Å²) in [5, 5.41) is 6.84. The molecule has 0 aliphatic carbocycles. The molecule has 0 amide bonds. The summed E-state index contributed by atoms with van der Waals surface area (Å²) in [6.07, 6.45) is 3.87.